The molecule has 0 saturated heterocycles. The average Bonchev–Trinajstić information content (AvgIpc) is 2.71. The van der Waals surface area contributed by atoms with Crippen LogP contribution in [-0.2, 0) is 6.42 Å². The third-order valence-electron chi connectivity index (χ3n) is 2.98. The second-order valence-corrected chi connectivity index (χ2v) is 4.93. The van der Waals surface area contributed by atoms with Crippen molar-refractivity contribution in [1.82, 2.24) is 10.3 Å². The topological polar surface area (TPSA) is 65.4 Å². The first-order chi connectivity index (χ1) is 7.67. The fourth-order valence-corrected chi connectivity index (χ4v) is 2.30. The normalized spacial score (nSPS) is 12.0. The summed E-state index contributed by atoms with van der Waals surface area (Å²) in [5.74, 6) is 0. The van der Waals surface area contributed by atoms with E-state index in [0.29, 0.717) is 6.42 Å². The molecule has 0 aliphatic rings. The largest absolute Gasteiger partial charge is 0.394 e. The molecule has 1 aromatic rings. The summed E-state index contributed by atoms with van der Waals surface area (Å²) >= 11 is 1.65. The van der Waals surface area contributed by atoms with Crippen molar-refractivity contribution in [3.8, 4) is 0 Å². The molecule has 1 rings (SSSR count). The first-order valence-corrected chi connectivity index (χ1v) is 6.41. The minimum absolute atomic E-state index is 0.0400. The molecule has 0 aromatic carbocycles. The van der Waals surface area contributed by atoms with Crippen molar-refractivity contribution in [3.63, 3.8) is 0 Å². The van der Waals surface area contributed by atoms with Crippen molar-refractivity contribution in [3.05, 3.63) is 16.1 Å². The van der Waals surface area contributed by atoms with Crippen LogP contribution in [0.5, 0.6) is 0 Å². The van der Waals surface area contributed by atoms with Crippen molar-refractivity contribution in [2.45, 2.75) is 32.2 Å². The van der Waals surface area contributed by atoms with E-state index in [2.05, 4.69) is 10.3 Å². The molecule has 0 bridgehead atoms. The lowest BCUT2D eigenvalue weighted by Crippen LogP contribution is -2.51. The van der Waals surface area contributed by atoms with Gasteiger partial charge in [-0.2, -0.15) is 0 Å². The van der Waals surface area contributed by atoms with Crippen LogP contribution in [0.25, 0.3) is 0 Å². The van der Waals surface area contributed by atoms with E-state index >= 15 is 0 Å². The number of hydrogen-bond donors (Lipinski definition) is 3. The SMILES string of the molecule is CCC(CO)(CO)NCCc1scnc1C. The van der Waals surface area contributed by atoms with Crippen LogP contribution in [0.3, 0.4) is 0 Å². The van der Waals surface area contributed by atoms with Gasteiger partial charge in [0, 0.05) is 11.4 Å². The van der Waals surface area contributed by atoms with Gasteiger partial charge in [0.2, 0.25) is 0 Å². The van der Waals surface area contributed by atoms with Crippen LogP contribution in [-0.4, -0.2) is 40.5 Å². The fourth-order valence-electron chi connectivity index (χ4n) is 1.52. The molecule has 0 atom stereocenters. The Hall–Kier alpha value is -0.490. The molecule has 16 heavy (non-hydrogen) atoms. The van der Waals surface area contributed by atoms with E-state index < -0.39 is 5.54 Å². The van der Waals surface area contributed by atoms with Gasteiger partial charge in [-0.25, -0.2) is 4.98 Å². The summed E-state index contributed by atoms with van der Waals surface area (Å²) in [6, 6.07) is 0. The Labute approximate surface area is 100 Å². The second-order valence-electron chi connectivity index (χ2n) is 3.99. The van der Waals surface area contributed by atoms with E-state index in [1.54, 1.807) is 11.3 Å². The smallest absolute Gasteiger partial charge is 0.0797 e. The number of aryl methyl sites for hydroxylation is 1. The number of nitrogens with one attached hydrogen (secondary N) is 1. The molecule has 0 aliphatic heterocycles. The Bertz CT molecular complexity index is 302. The van der Waals surface area contributed by atoms with E-state index in [1.165, 1.54) is 4.88 Å². The molecular weight excluding hydrogens is 224 g/mol. The van der Waals surface area contributed by atoms with Gasteiger partial charge in [0.05, 0.1) is 30.0 Å². The summed E-state index contributed by atoms with van der Waals surface area (Å²) in [7, 11) is 0. The minimum atomic E-state index is -0.543. The summed E-state index contributed by atoms with van der Waals surface area (Å²) in [5, 5.41) is 21.7. The van der Waals surface area contributed by atoms with Gasteiger partial charge in [0.15, 0.2) is 0 Å². The molecule has 1 aromatic heterocycles. The van der Waals surface area contributed by atoms with Crippen molar-refractivity contribution in [2.24, 2.45) is 0 Å². The lowest BCUT2D eigenvalue weighted by Gasteiger charge is -2.29. The monoisotopic (exact) mass is 244 g/mol. The lowest BCUT2D eigenvalue weighted by atomic mass is 9.98. The van der Waals surface area contributed by atoms with Gasteiger partial charge in [-0.15, -0.1) is 11.3 Å². The second kappa shape index (κ2) is 6.30. The number of thiazole rings is 1. The number of aliphatic hydroxyl groups excluding tert-OH is 2. The highest BCUT2D eigenvalue weighted by atomic mass is 32.1. The third-order valence-corrected chi connectivity index (χ3v) is 3.97. The molecular formula is C11H20N2O2S. The van der Waals surface area contributed by atoms with Crippen molar-refractivity contribution < 1.29 is 10.2 Å². The van der Waals surface area contributed by atoms with Crippen LogP contribution in [0.4, 0.5) is 0 Å². The maximum atomic E-state index is 9.26. The minimum Gasteiger partial charge on any atom is -0.394 e. The van der Waals surface area contributed by atoms with Gasteiger partial charge in [-0.05, 0) is 19.8 Å². The van der Waals surface area contributed by atoms with Gasteiger partial charge < -0.3 is 15.5 Å². The Morgan fingerprint density at radius 3 is 2.56 bits per heavy atom. The van der Waals surface area contributed by atoms with Gasteiger partial charge >= 0.3 is 0 Å². The number of hydrogen-bond acceptors (Lipinski definition) is 5. The Kier molecular flexibility index (Phi) is 5.34. The predicted octanol–water partition coefficient (Wildman–Crippen LogP) is 0.717. The molecule has 92 valence electrons. The molecule has 3 N–H and O–H groups in total. The van der Waals surface area contributed by atoms with Crippen LogP contribution in [0, 0.1) is 6.92 Å². The molecule has 5 heteroatoms. The molecule has 1 heterocycles. The zero-order valence-electron chi connectivity index (χ0n) is 9.86. The van der Waals surface area contributed by atoms with Gasteiger partial charge in [-0.3, -0.25) is 0 Å². The number of nitrogens with zero attached hydrogens (tertiary/aromatic N) is 1. The predicted molar refractivity (Wildman–Crippen MR) is 65.8 cm³/mol. The molecule has 4 nitrogen and oxygen atoms in total. The summed E-state index contributed by atoms with van der Waals surface area (Å²) in [5.41, 5.74) is 2.37. The van der Waals surface area contributed by atoms with E-state index in [-0.39, 0.29) is 13.2 Å². The van der Waals surface area contributed by atoms with Crippen LogP contribution < -0.4 is 5.32 Å². The molecule has 0 spiro atoms. The first kappa shape index (κ1) is 13.6. The molecule has 0 unspecified atom stereocenters. The number of rotatable bonds is 7. The van der Waals surface area contributed by atoms with Crippen molar-refractivity contribution in [2.75, 3.05) is 19.8 Å². The summed E-state index contributed by atoms with van der Waals surface area (Å²) in [4.78, 5) is 5.44. The zero-order valence-corrected chi connectivity index (χ0v) is 10.7. The molecule has 0 fully saturated rings. The Morgan fingerprint density at radius 2 is 2.12 bits per heavy atom. The fraction of sp³-hybridized carbons (Fsp3) is 0.727. The molecule has 0 amide bonds. The van der Waals surface area contributed by atoms with Crippen LogP contribution in [0.2, 0.25) is 0 Å². The van der Waals surface area contributed by atoms with Gasteiger partial charge in [0.25, 0.3) is 0 Å². The highest BCUT2D eigenvalue weighted by molar-refractivity contribution is 7.09. The van der Waals surface area contributed by atoms with Crippen LogP contribution in [0.1, 0.15) is 23.9 Å². The highest BCUT2D eigenvalue weighted by Crippen LogP contribution is 2.13. The zero-order chi connectivity index (χ0) is 12.0. The van der Waals surface area contributed by atoms with Gasteiger partial charge in [0.1, 0.15) is 0 Å². The number of aromatic nitrogens is 1. The summed E-state index contributed by atoms with van der Waals surface area (Å²) in [6.07, 6.45) is 1.60. The number of aliphatic hydroxyl groups is 2. The quantitative estimate of drug-likeness (QED) is 0.661. The third kappa shape index (κ3) is 3.25. The van der Waals surface area contributed by atoms with E-state index in [4.69, 9.17) is 0 Å². The maximum Gasteiger partial charge on any atom is 0.0797 e. The Balaban J connectivity index is 2.42. The summed E-state index contributed by atoms with van der Waals surface area (Å²) in [6.45, 7) is 4.62. The van der Waals surface area contributed by atoms with Gasteiger partial charge in [-0.1, -0.05) is 6.92 Å². The van der Waals surface area contributed by atoms with Crippen LogP contribution >= 0.6 is 11.3 Å². The molecule has 0 aliphatic carbocycles. The Morgan fingerprint density at radius 1 is 1.44 bits per heavy atom. The standard InChI is InChI=1S/C11H20N2O2S/c1-3-11(6-14,7-15)13-5-4-10-9(2)12-8-16-10/h8,13-15H,3-7H2,1-2H3. The first-order valence-electron chi connectivity index (χ1n) is 5.53. The average molecular weight is 244 g/mol. The van der Waals surface area contributed by atoms with E-state index in [9.17, 15) is 10.2 Å². The lowest BCUT2D eigenvalue weighted by molar-refractivity contribution is 0.0883. The highest BCUT2D eigenvalue weighted by Gasteiger charge is 2.25. The summed E-state index contributed by atoms with van der Waals surface area (Å²) < 4.78 is 0. The van der Waals surface area contributed by atoms with Crippen molar-refractivity contribution >= 4 is 11.3 Å². The van der Waals surface area contributed by atoms with Crippen molar-refractivity contribution in [1.29, 1.82) is 0 Å². The molecule has 0 saturated carbocycles. The van der Waals surface area contributed by atoms with E-state index in [0.717, 1.165) is 18.7 Å². The maximum absolute atomic E-state index is 9.26. The molecule has 0 radical (unpaired) electrons. The van der Waals surface area contributed by atoms with Crippen LogP contribution in [0.15, 0.2) is 5.51 Å². The van der Waals surface area contributed by atoms with E-state index in [1.807, 2.05) is 19.4 Å².